The Morgan fingerprint density at radius 2 is 1.96 bits per heavy atom. The van der Waals surface area contributed by atoms with E-state index < -0.39 is 5.60 Å². The standard InChI is InChI=1S/C23H30N2O3/c1-24(2)21-17-25(15-14-23(21,27)19-9-5-4-6-10-19)22(26)13-12-18-8-7-11-20(16-18)28-3/h4-11,16,21,27H,12-15,17H2,1-3H3/t21-,23+/m1/s1. The molecule has 1 aliphatic rings. The van der Waals surface area contributed by atoms with Crippen LogP contribution in [0.25, 0.3) is 0 Å². The van der Waals surface area contributed by atoms with Crippen LogP contribution in [0.2, 0.25) is 0 Å². The van der Waals surface area contributed by atoms with Crippen molar-refractivity contribution in [3.05, 3.63) is 65.7 Å². The Morgan fingerprint density at radius 3 is 2.64 bits per heavy atom. The molecule has 2 atom stereocenters. The maximum Gasteiger partial charge on any atom is 0.222 e. The quantitative estimate of drug-likeness (QED) is 0.835. The van der Waals surface area contributed by atoms with E-state index in [0.29, 0.717) is 32.4 Å². The highest BCUT2D eigenvalue weighted by Gasteiger charge is 2.44. The van der Waals surface area contributed by atoms with Crippen molar-refractivity contribution < 1.29 is 14.6 Å². The number of carbonyl (C=O) groups excluding carboxylic acids is 1. The fraction of sp³-hybridized carbons (Fsp3) is 0.435. The molecule has 0 radical (unpaired) electrons. The van der Waals surface area contributed by atoms with Crippen LogP contribution in [0.1, 0.15) is 24.0 Å². The van der Waals surface area contributed by atoms with Crippen molar-refractivity contribution in [1.29, 1.82) is 0 Å². The van der Waals surface area contributed by atoms with E-state index in [2.05, 4.69) is 0 Å². The predicted octanol–water partition coefficient (Wildman–Crippen LogP) is 2.68. The molecular weight excluding hydrogens is 352 g/mol. The molecule has 1 saturated heterocycles. The van der Waals surface area contributed by atoms with Crippen molar-refractivity contribution in [2.24, 2.45) is 0 Å². The van der Waals surface area contributed by atoms with E-state index in [1.165, 1.54) is 0 Å². The largest absolute Gasteiger partial charge is 0.497 e. The number of rotatable bonds is 6. The molecule has 1 aliphatic heterocycles. The predicted molar refractivity (Wildman–Crippen MR) is 110 cm³/mol. The number of amides is 1. The zero-order valence-corrected chi connectivity index (χ0v) is 17.0. The van der Waals surface area contributed by atoms with Gasteiger partial charge in [-0.25, -0.2) is 0 Å². The minimum absolute atomic E-state index is 0.129. The van der Waals surface area contributed by atoms with Gasteiger partial charge in [0.25, 0.3) is 0 Å². The smallest absolute Gasteiger partial charge is 0.222 e. The summed E-state index contributed by atoms with van der Waals surface area (Å²) in [7, 11) is 5.57. The van der Waals surface area contributed by atoms with Crippen LogP contribution in [0, 0.1) is 0 Å². The monoisotopic (exact) mass is 382 g/mol. The molecular formula is C23H30N2O3. The van der Waals surface area contributed by atoms with Crippen LogP contribution in [0.4, 0.5) is 0 Å². The molecule has 0 unspecified atom stereocenters. The van der Waals surface area contributed by atoms with Crippen molar-refractivity contribution in [2.45, 2.75) is 30.9 Å². The highest BCUT2D eigenvalue weighted by molar-refractivity contribution is 5.76. The second-order valence-corrected chi connectivity index (χ2v) is 7.71. The summed E-state index contributed by atoms with van der Waals surface area (Å²) in [4.78, 5) is 16.7. The van der Waals surface area contributed by atoms with Gasteiger partial charge in [0.1, 0.15) is 11.4 Å². The molecule has 0 spiro atoms. The minimum Gasteiger partial charge on any atom is -0.497 e. The number of hydrogen-bond donors (Lipinski definition) is 1. The Bertz CT molecular complexity index is 793. The van der Waals surface area contributed by atoms with E-state index in [9.17, 15) is 9.90 Å². The molecule has 2 aromatic rings. The van der Waals surface area contributed by atoms with Crippen LogP contribution in [0.15, 0.2) is 54.6 Å². The molecule has 0 bridgehead atoms. The van der Waals surface area contributed by atoms with E-state index in [-0.39, 0.29) is 11.9 Å². The first kappa shape index (κ1) is 20.4. The van der Waals surface area contributed by atoms with E-state index in [0.717, 1.165) is 16.9 Å². The summed E-state index contributed by atoms with van der Waals surface area (Å²) in [6.07, 6.45) is 1.67. The van der Waals surface area contributed by atoms with Gasteiger partial charge in [0.2, 0.25) is 5.91 Å². The Morgan fingerprint density at radius 1 is 1.21 bits per heavy atom. The maximum absolute atomic E-state index is 12.8. The molecule has 28 heavy (non-hydrogen) atoms. The molecule has 1 N–H and O–H groups in total. The Balaban J connectivity index is 1.67. The van der Waals surface area contributed by atoms with E-state index >= 15 is 0 Å². The van der Waals surface area contributed by atoms with Gasteiger partial charge in [-0.15, -0.1) is 0 Å². The molecule has 2 aromatic carbocycles. The number of ether oxygens (including phenoxy) is 1. The third-order valence-corrected chi connectivity index (χ3v) is 5.72. The lowest BCUT2D eigenvalue weighted by atomic mass is 9.79. The third kappa shape index (κ3) is 4.37. The Hall–Kier alpha value is -2.37. The number of likely N-dealkylation sites (N-methyl/N-ethyl adjacent to an activating group) is 1. The number of nitrogens with zero attached hydrogens (tertiary/aromatic N) is 2. The molecule has 0 aliphatic carbocycles. The lowest BCUT2D eigenvalue weighted by Crippen LogP contribution is -2.60. The molecule has 1 fully saturated rings. The summed E-state index contributed by atoms with van der Waals surface area (Å²) in [5.74, 6) is 0.938. The number of hydrogen-bond acceptors (Lipinski definition) is 4. The van der Waals surface area contributed by atoms with Crippen LogP contribution in [-0.2, 0) is 16.8 Å². The number of aliphatic hydroxyl groups is 1. The highest BCUT2D eigenvalue weighted by atomic mass is 16.5. The Kier molecular flexibility index (Phi) is 6.37. The number of piperidine rings is 1. The molecule has 1 heterocycles. The van der Waals surface area contributed by atoms with Crippen LogP contribution in [0.3, 0.4) is 0 Å². The summed E-state index contributed by atoms with van der Waals surface area (Å²) in [6.45, 7) is 1.09. The van der Waals surface area contributed by atoms with Gasteiger partial charge in [0, 0.05) is 19.5 Å². The molecule has 0 aromatic heterocycles. The molecule has 5 nitrogen and oxygen atoms in total. The lowest BCUT2D eigenvalue weighted by molar-refractivity contribution is -0.141. The molecule has 0 saturated carbocycles. The van der Waals surface area contributed by atoms with Gasteiger partial charge >= 0.3 is 0 Å². The van der Waals surface area contributed by atoms with Crippen LogP contribution in [-0.4, -0.2) is 61.2 Å². The van der Waals surface area contributed by atoms with Crippen LogP contribution in [0.5, 0.6) is 5.75 Å². The summed E-state index contributed by atoms with van der Waals surface area (Å²) in [5, 5.41) is 11.4. The molecule has 5 heteroatoms. The summed E-state index contributed by atoms with van der Waals surface area (Å²) in [5.41, 5.74) is 1.06. The van der Waals surface area contributed by atoms with Crippen molar-refractivity contribution in [2.75, 3.05) is 34.3 Å². The lowest BCUT2D eigenvalue weighted by Gasteiger charge is -2.47. The van der Waals surface area contributed by atoms with Gasteiger partial charge in [-0.2, -0.15) is 0 Å². The maximum atomic E-state index is 12.8. The van der Waals surface area contributed by atoms with E-state index in [4.69, 9.17) is 4.74 Å². The number of aryl methyl sites for hydroxylation is 1. The van der Waals surface area contributed by atoms with Gasteiger partial charge in [0.05, 0.1) is 13.2 Å². The van der Waals surface area contributed by atoms with Gasteiger partial charge in [-0.1, -0.05) is 42.5 Å². The van der Waals surface area contributed by atoms with E-state index in [1.807, 2.05) is 78.5 Å². The number of benzene rings is 2. The van der Waals surface area contributed by atoms with Crippen molar-refractivity contribution >= 4 is 5.91 Å². The summed E-state index contributed by atoms with van der Waals surface area (Å²) < 4.78 is 5.25. The number of likely N-dealkylation sites (tertiary alicyclic amines) is 1. The van der Waals surface area contributed by atoms with Crippen molar-refractivity contribution in [3.63, 3.8) is 0 Å². The van der Waals surface area contributed by atoms with Gasteiger partial charge in [-0.05, 0) is 50.2 Å². The second-order valence-electron chi connectivity index (χ2n) is 7.71. The first-order valence-corrected chi connectivity index (χ1v) is 9.79. The zero-order valence-electron chi connectivity index (χ0n) is 17.0. The summed E-state index contributed by atoms with van der Waals surface area (Å²) in [6, 6.07) is 17.5. The first-order chi connectivity index (χ1) is 13.4. The second kappa shape index (κ2) is 8.76. The average molecular weight is 383 g/mol. The van der Waals surface area contributed by atoms with Crippen LogP contribution >= 0.6 is 0 Å². The van der Waals surface area contributed by atoms with Gasteiger partial charge < -0.3 is 19.6 Å². The Labute approximate surface area is 167 Å². The van der Waals surface area contributed by atoms with Crippen LogP contribution < -0.4 is 4.74 Å². The van der Waals surface area contributed by atoms with Gasteiger partial charge in [-0.3, -0.25) is 4.79 Å². The number of carbonyl (C=O) groups is 1. The third-order valence-electron chi connectivity index (χ3n) is 5.72. The topological polar surface area (TPSA) is 53.0 Å². The minimum atomic E-state index is -0.950. The van der Waals surface area contributed by atoms with Gasteiger partial charge in [0.15, 0.2) is 0 Å². The highest BCUT2D eigenvalue weighted by Crippen LogP contribution is 2.35. The van der Waals surface area contributed by atoms with Crippen molar-refractivity contribution in [3.8, 4) is 5.75 Å². The SMILES string of the molecule is COc1cccc(CCC(=O)N2CC[C@](O)(c3ccccc3)[C@H](N(C)C)C2)c1. The normalized spacial score (nSPS) is 22.3. The average Bonchev–Trinajstić information content (AvgIpc) is 2.73. The fourth-order valence-electron chi connectivity index (χ4n) is 4.04. The summed E-state index contributed by atoms with van der Waals surface area (Å²) >= 11 is 0. The van der Waals surface area contributed by atoms with Crippen molar-refractivity contribution in [1.82, 2.24) is 9.80 Å². The molecule has 3 rings (SSSR count). The van der Waals surface area contributed by atoms with E-state index in [1.54, 1.807) is 7.11 Å². The molecule has 1 amide bonds. The fourth-order valence-corrected chi connectivity index (χ4v) is 4.04. The first-order valence-electron chi connectivity index (χ1n) is 9.79. The number of methoxy groups -OCH3 is 1. The molecule has 150 valence electrons. The zero-order chi connectivity index (χ0) is 20.1.